The van der Waals surface area contributed by atoms with Gasteiger partial charge in [-0.25, -0.2) is 9.78 Å². The third-order valence-electron chi connectivity index (χ3n) is 2.69. The summed E-state index contributed by atoms with van der Waals surface area (Å²) < 4.78 is 11.0. The number of furan rings is 1. The number of pyridine rings is 1. The van der Waals surface area contributed by atoms with Crippen molar-refractivity contribution in [3.05, 3.63) is 35.7 Å². The number of carboxylic acid groups (broad SMARTS) is 1. The summed E-state index contributed by atoms with van der Waals surface area (Å²) in [6.45, 7) is 1.98. The molecular formula is C13H10N2O4. The zero-order valence-electron chi connectivity index (χ0n) is 10.1. The Morgan fingerprint density at radius 1 is 1.21 bits per heavy atom. The molecule has 0 fully saturated rings. The lowest BCUT2D eigenvalue weighted by molar-refractivity contribution is 0.0691. The Morgan fingerprint density at radius 3 is 2.74 bits per heavy atom. The number of hydrogen-bond donors (Lipinski definition) is 1. The molecule has 3 aromatic rings. The molecule has 3 heterocycles. The molecule has 0 saturated carbocycles. The Bertz CT molecular complexity index is 757. The molecule has 19 heavy (non-hydrogen) atoms. The molecule has 0 radical (unpaired) electrons. The molecule has 0 bridgehead atoms. The van der Waals surface area contributed by atoms with Gasteiger partial charge in [-0.15, -0.1) is 0 Å². The number of carboxylic acids is 1. The van der Waals surface area contributed by atoms with Gasteiger partial charge in [0, 0.05) is 6.42 Å². The predicted molar refractivity (Wildman–Crippen MR) is 65.8 cm³/mol. The second-order valence-corrected chi connectivity index (χ2v) is 3.96. The SMILES string of the molecule is CCc1ccc(-c2nc3nc(C(=O)O)ccc3o2)o1. The van der Waals surface area contributed by atoms with E-state index in [1.54, 1.807) is 6.07 Å². The fraction of sp³-hybridized carbons (Fsp3) is 0.154. The smallest absolute Gasteiger partial charge is 0.354 e. The second-order valence-electron chi connectivity index (χ2n) is 3.96. The van der Waals surface area contributed by atoms with Gasteiger partial charge < -0.3 is 13.9 Å². The van der Waals surface area contributed by atoms with Gasteiger partial charge in [-0.1, -0.05) is 6.92 Å². The lowest BCUT2D eigenvalue weighted by atomic mass is 10.3. The lowest BCUT2D eigenvalue weighted by Crippen LogP contribution is -1.99. The van der Waals surface area contributed by atoms with Crippen LogP contribution in [0.25, 0.3) is 22.9 Å². The van der Waals surface area contributed by atoms with E-state index in [4.69, 9.17) is 13.9 Å². The Hall–Kier alpha value is -2.63. The number of oxazole rings is 1. The van der Waals surface area contributed by atoms with Crippen LogP contribution in [0.3, 0.4) is 0 Å². The molecular weight excluding hydrogens is 248 g/mol. The number of rotatable bonds is 3. The number of aryl methyl sites for hydroxylation is 1. The van der Waals surface area contributed by atoms with Gasteiger partial charge in [-0.3, -0.25) is 0 Å². The first-order valence-corrected chi connectivity index (χ1v) is 5.77. The van der Waals surface area contributed by atoms with E-state index >= 15 is 0 Å². The van der Waals surface area contributed by atoms with Crippen LogP contribution in [-0.4, -0.2) is 21.0 Å². The van der Waals surface area contributed by atoms with E-state index in [1.165, 1.54) is 12.1 Å². The van der Waals surface area contributed by atoms with E-state index in [2.05, 4.69) is 9.97 Å². The first-order valence-electron chi connectivity index (χ1n) is 5.77. The van der Waals surface area contributed by atoms with Gasteiger partial charge in [-0.2, -0.15) is 4.98 Å². The summed E-state index contributed by atoms with van der Waals surface area (Å²) in [5.74, 6) is 0.533. The van der Waals surface area contributed by atoms with Crippen molar-refractivity contribution in [1.82, 2.24) is 9.97 Å². The molecule has 96 valence electrons. The third kappa shape index (κ3) is 1.97. The lowest BCUT2D eigenvalue weighted by Gasteiger charge is -1.90. The molecule has 0 atom stereocenters. The first-order chi connectivity index (χ1) is 9.17. The van der Waals surface area contributed by atoms with Gasteiger partial charge in [-0.05, 0) is 24.3 Å². The number of fused-ring (bicyclic) bond motifs is 1. The monoisotopic (exact) mass is 258 g/mol. The van der Waals surface area contributed by atoms with Crippen molar-refractivity contribution < 1.29 is 18.7 Å². The molecule has 1 N–H and O–H groups in total. The second kappa shape index (κ2) is 4.24. The van der Waals surface area contributed by atoms with Crippen molar-refractivity contribution in [2.24, 2.45) is 0 Å². The Labute approximate surface area is 107 Å². The molecule has 3 aromatic heterocycles. The summed E-state index contributed by atoms with van der Waals surface area (Å²) >= 11 is 0. The van der Waals surface area contributed by atoms with E-state index in [0.29, 0.717) is 17.2 Å². The molecule has 0 aromatic carbocycles. The van der Waals surface area contributed by atoms with Gasteiger partial charge in [0.2, 0.25) is 0 Å². The summed E-state index contributed by atoms with van der Waals surface area (Å²) in [5, 5.41) is 8.86. The first kappa shape index (κ1) is 11.5. The topological polar surface area (TPSA) is 89.4 Å². The van der Waals surface area contributed by atoms with Crippen LogP contribution in [0, 0.1) is 0 Å². The van der Waals surface area contributed by atoms with Gasteiger partial charge >= 0.3 is 5.97 Å². The Balaban J connectivity index is 2.08. The Kier molecular flexibility index (Phi) is 2.56. The number of aromatic carboxylic acids is 1. The number of nitrogens with zero attached hydrogens (tertiary/aromatic N) is 2. The third-order valence-corrected chi connectivity index (χ3v) is 2.69. The highest BCUT2D eigenvalue weighted by Crippen LogP contribution is 2.25. The van der Waals surface area contributed by atoms with Crippen LogP contribution in [-0.2, 0) is 6.42 Å². The fourth-order valence-electron chi connectivity index (χ4n) is 1.73. The van der Waals surface area contributed by atoms with Gasteiger partial charge in [0.05, 0.1) is 0 Å². The summed E-state index contributed by atoms with van der Waals surface area (Å²) in [6, 6.07) is 6.52. The molecule has 0 aliphatic carbocycles. The molecule has 0 saturated heterocycles. The van der Waals surface area contributed by atoms with Crippen molar-refractivity contribution in [2.45, 2.75) is 13.3 Å². The average Bonchev–Trinajstić information content (AvgIpc) is 3.03. The van der Waals surface area contributed by atoms with Crippen LogP contribution >= 0.6 is 0 Å². The van der Waals surface area contributed by atoms with E-state index in [0.717, 1.165) is 12.2 Å². The summed E-state index contributed by atoms with van der Waals surface area (Å²) in [5.41, 5.74) is 0.611. The standard InChI is InChI=1S/C13H10N2O4/c1-2-7-3-5-10(18-7)12-15-11-9(19-12)6-4-8(14-11)13(16)17/h3-6H,2H2,1H3,(H,16,17). The average molecular weight is 258 g/mol. The van der Waals surface area contributed by atoms with E-state index < -0.39 is 5.97 Å². The molecule has 0 aliphatic heterocycles. The van der Waals surface area contributed by atoms with Crippen molar-refractivity contribution in [3.63, 3.8) is 0 Å². The van der Waals surface area contributed by atoms with Crippen LogP contribution in [0.15, 0.2) is 33.1 Å². The minimum Gasteiger partial charge on any atom is -0.477 e. The quantitative estimate of drug-likeness (QED) is 0.776. The zero-order valence-corrected chi connectivity index (χ0v) is 10.1. The number of hydrogen-bond acceptors (Lipinski definition) is 5. The van der Waals surface area contributed by atoms with E-state index in [-0.39, 0.29) is 11.3 Å². The summed E-state index contributed by atoms with van der Waals surface area (Å²) in [4.78, 5) is 18.9. The molecule has 0 amide bonds. The van der Waals surface area contributed by atoms with Crippen LogP contribution in [0.1, 0.15) is 23.2 Å². The molecule has 0 unspecified atom stereocenters. The fourth-order valence-corrected chi connectivity index (χ4v) is 1.73. The highest BCUT2D eigenvalue weighted by atomic mass is 16.4. The van der Waals surface area contributed by atoms with Gasteiger partial charge in [0.15, 0.2) is 22.7 Å². The van der Waals surface area contributed by atoms with Gasteiger partial charge in [0.1, 0.15) is 5.76 Å². The largest absolute Gasteiger partial charge is 0.477 e. The van der Waals surface area contributed by atoms with Crippen LogP contribution in [0.2, 0.25) is 0 Å². The highest BCUT2D eigenvalue weighted by Gasteiger charge is 2.14. The summed E-state index contributed by atoms with van der Waals surface area (Å²) in [6.07, 6.45) is 0.779. The number of aromatic nitrogens is 2. The molecule has 0 spiro atoms. The summed E-state index contributed by atoms with van der Waals surface area (Å²) in [7, 11) is 0. The highest BCUT2D eigenvalue weighted by molar-refractivity contribution is 5.88. The minimum absolute atomic E-state index is 0.0685. The number of carbonyl (C=O) groups is 1. The predicted octanol–water partition coefficient (Wildman–Crippen LogP) is 2.74. The van der Waals surface area contributed by atoms with E-state index in [1.807, 2.05) is 13.0 Å². The van der Waals surface area contributed by atoms with Crippen LogP contribution < -0.4 is 0 Å². The van der Waals surface area contributed by atoms with Crippen molar-refractivity contribution in [1.29, 1.82) is 0 Å². The van der Waals surface area contributed by atoms with Crippen LogP contribution in [0.5, 0.6) is 0 Å². The zero-order chi connectivity index (χ0) is 13.4. The normalized spacial score (nSPS) is 11.0. The van der Waals surface area contributed by atoms with Crippen molar-refractivity contribution >= 4 is 17.2 Å². The molecule has 6 heteroatoms. The Morgan fingerprint density at radius 2 is 2.05 bits per heavy atom. The van der Waals surface area contributed by atoms with Gasteiger partial charge in [0.25, 0.3) is 5.89 Å². The van der Waals surface area contributed by atoms with Crippen molar-refractivity contribution in [2.75, 3.05) is 0 Å². The molecule has 3 rings (SSSR count). The van der Waals surface area contributed by atoms with Crippen molar-refractivity contribution in [3.8, 4) is 11.7 Å². The maximum atomic E-state index is 10.8. The maximum absolute atomic E-state index is 10.8. The van der Waals surface area contributed by atoms with E-state index in [9.17, 15) is 4.79 Å². The maximum Gasteiger partial charge on any atom is 0.354 e. The molecule has 0 aliphatic rings. The molecule has 6 nitrogen and oxygen atoms in total. The van der Waals surface area contributed by atoms with Crippen LogP contribution in [0.4, 0.5) is 0 Å². The minimum atomic E-state index is -1.10.